The first-order valence-corrected chi connectivity index (χ1v) is 9.74. The highest BCUT2D eigenvalue weighted by Crippen LogP contribution is 2.42. The van der Waals surface area contributed by atoms with Crippen molar-refractivity contribution in [3.05, 3.63) is 57.9 Å². The molecule has 1 aromatic carbocycles. The average Bonchev–Trinajstić information content (AvgIpc) is 2.81. The maximum Gasteiger partial charge on any atom is 0.248 e. The molecular weight excluding hydrogens is 379 g/mol. The molecule has 0 spiro atoms. The molecule has 2 aliphatic rings. The molecule has 6 heteroatoms. The standard InChI is InChI=1S/C22H26ClFN2O2/c1-21(2,3)25-20(28)19(16-7-6-15(24)9-17(16)23)26-12-14-11-22(4,5)10-13(14)8-18(26)27/h6-9,11,19H,10,12H2,1-5H3,(H,25,28). The molecule has 150 valence electrons. The van der Waals surface area contributed by atoms with Crippen LogP contribution in [-0.2, 0) is 9.59 Å². The average molecular weight is 405 g/mol. The molecule has 1 heterocycles. The molecule has 1 aromatic rings. The van der Waals surface area contributed by atoms with Gasteiger partial charge in [-0.2, -0.15) is 0 Å². The largest absolute Gasteiger partial charge is 0.349 e. The van der Waals surface area contributed by atoms with Crippen LogP contribution in [0.2, 0.25) is 5.02 Å². The summed E-state index contributed by atoms with van der Waals surface area (Å²) in [5.74, 6) is -1.07. The smallest absolute Gasteiger partial charge is 0.248 e. The number of allylic oxidation sites excluding steroid dienone is 1. The van der Waals surface area contributed by atoms with Crippen LogP contribution in [0.1, 0.15) is 52.6 Å². The molecule has 1 aliphatic heterocycles. The van der Waals surface area contributed by atoms with Gasteiger partial charge in [-0.1, -0.05) is 37.6 Å². The van der Waals surface area contributed by atoms with Crippen molar-refractivity contribution in [2.75, 3.05) is 6.54 Å². The Hall–Kier alpha value is -2.14. The lowest BCUT2D eigenvalue weighted by molar-refractivity contribution is -0.138. The first-order valence-electron chi connectivity index (χ1n) is 9.36. The van der Waals surface area contributed by atoms with Crippen LogP contribution in [0, 0.1) is 11.2 Å². The molecule has 0 saturated heterocycles. The van der Waals surface area contributed by atoms with E-state index in [1.54, 1.807) is 6.08 Å². The number of rotatable bonds is 3. The number of amides is 2. The van der Waals surface area contributed by atoms with Crippen LogP contribution in [0.25, 0.3) is 0 Å². The van der Waals surface area contributed by atoms with E-state index >= 15 is 0 Å². The summed E-state index contributed by atoms with van der Waals surface area (Å²) in [5, 5.41) is 3.05. The number of nitrogens with zero attached hydrogens (tertiary/aromatic N) is 1. The molecular formula is C22H26ClFN2O2. The van der Waals surface area contributed by atoms with Gasteiger partial charge in [0.1, 0.15) is 11.9 Å². The Kier molecular flexibility index (Phi) is 5.17. The van der Waals surface area contributed by atoms with Crippen molar-refractivity contribution in [1.29, 1.82) is 0 Å². The van der Waals surface area contributed by atoms with Crippen LogP contribution >= 0.6 is 11.6 Å². The van der Waals surface area contributed by atoms with E-state index < -0.39 is 17.4 Å². The van der Waals surface area contributed by atoms with Gasteiger partial charge in [0.25, 0.3) is 0 Å². The highest BCUT2D eigenvalue weighted by molar-refractivity contribution is 6.31. The van der Waals surface area contributed by atoms with Gasteiger partial charge in [-0.25, -0.2) is 4.39 Å². The van der Waals surface area contributed by atoms with Crippen LogP contribution < -0.4 is 5.32 Å². The van der Waals surface area contributed by atoms with Crippen LogP contribution in [0.4, 0.5) is 4.39 Å². The maximum absolute atomic E-state index is 13.6. The van der Waals surface area contributed by atoms with Gasteiger partial charge < -0.3 is 10.2 Å². The Morgan fingerprint density at radius 2 is 1.96 bits per heavy atom. The first kappa shape index (κ1) is 20.6. The third-order valence-electron chi connectivity index (χ3n) is 4.86. The molecule has 0 saturated carbocycles. The first-order chi connectivity index (χ1) is 12.9. The van der Waals surface area contributed by atoms with Gasteiger partial charge in [0.15, 0.2) is 0 Å². The number of hydrogen-bond donors (Lipinski definition) is 1. The SMILES string of the molecule is CC1(C)C=C2CN(C(C(=O)NC(C)(C)C)c3ccc(F)cc3Cl)C(=O)C=C2C1. The summed E-state index contributed by atoms with van der Waals surface area (Å²) in [7, 11) is 0. The van der Waals surface area contributed by atoms with E-state index in [1.807, 2.05) is 20.8 Å². The number of hydrogen-bond acceptors (Lipinski definition) is 2. The van der Waals surface area contributed by atoms with Gasteiger partial charge in [0.05, 0.1) is 0 Å². The summed E-state index contributed by atoms with van der Waals surface area (Å²) in [5.41, 5.74) is 1.97. The minimum atomic E-state index is -0.942. The van der Waals surface area contributed by atoms with Gasteiger partial charge in [-0.3, -0.25) is 9.59 Å². The fourth-order valence-corrected chi connectivity index (χ4v) is 4.11. The van der Waals surface area contributed by atoms with Crippen LogP contribution in [0.3, 0.4) is 0 Å². The normalized spacial score (nSPS) is 19.7. The lowest BCUT2D eigenvalue weighted by Gasteiger charge is -2.36. The molecule has 28 heavy (non-hydrogen) atoms. The monoisotopic (exact) mass is 404 g/mol. The van der Waals surface area contributed by atoms with Crippen molar-refractivity contribution in [2.45, 2.75) is 52.6 Å². The Balaban J connectivity index is 2.04. The van der Waals surface area contributed by atoms with Crippen molar-refractivity contribution in [1.82, 2.24) is 10.2 Å². The number of carbonyl (C=O) groups excluding carboxylic acids is 2. The fourth-order valence-electron chi connectivity index (χ4n) is 3.83. The fraction of sp³-hybridized carbons (Fsp3) is 0.455. The summed E-state index contributed by atoms with van der Waals surface area (Å²) in [4.78, 5) is 27.6. The second kappa shape index (κ2) is 7.03. The number of halogens is 2. The number of benzene rings is 1. The summed E-state index contributed by atoms with van der Waals surface area (Å²) in [6.07, 6.45) is 4.57. The van der Waals surface area contributed by atoms with E-state index in [4.69, 9.17) is 11.6 Å². The summed E-state index contributed by atoms with van der Waals surface area (Å²) in [6, 6.07) is 2.96. The molecule has 0 bridgehead atoms. The van der Waals surface area contributed by atoms with Crippen molar-refractivity contribution in [3.8, 4) is 0 Å². The zero-order chi connectivity index (χ0) is 20.9. The third kappa shape index (κ3) is 4.30. The summed E-state index contributed by atoms with van der Waals surface area (Å²) in [6.45, 7) is 10.2. The summed E-state index contributed by atoms with van der Waals surface area (Å²) < 4.78 is 13.6. The van der Waals surface area contributed by atoms with E-state index in [9.17, 15) is 14.0 Å². The van der Waals surface area contributed by atoms with Crippen LogP contribution in [0.15, 0.2) is 41.5 Å². The molecule has 1 atom stereocenters. The van der Waals surface area contributed by atoms with E-state index in [-0.39, 0.29) is 22.3 Å². The molecule has 1 unspecified atom stereocenters. The zero-order valence-corrected chi connectivity index (χ0v) is 17.7. The van der Waals surface area contributed by atoms with Crippen LogP contribution in [0.5, 0.6) is 0 Å². The highest BCUT2D eigenvalue weighted by Gasteiger charge is 2.39. The quantitative estimate of drug-likeness (QED) is 0.802. The molecule has 0 fully saturated rings. The second-order valence-electron chi connectivity index (χ2n) is 9.28. The Morgan fingerprint density at radius 3 is 2.57 bits per heavy atom. The Morgan fingerprint density at radius 1 is 1.29 bits per heavy atom. The lowest BCUT2D eigenvalue weighted by Crippen LogP contribution is -2.50. The van der Waals surface area contributed by atoms with E-state index in [0.29, 0.717) is 12.1 Å². The van der Waals surface area contributed by atoms with E-state index in [1.165, 1.54) is 23.1 Å². The second-order valence-corrected chi connectivity index (χ2v) is 9.69. The molecule has 3 rings (SSSR count). The lowest BCUT2D eigenvalue weighted by atomic mass is 9.92. The Bertz CT molecular complexity index is 896. The number of fused-ring (bicyclic) bond motifs is 1. The predicted octanol–water partition coefficient (Wildman–Crippen LogP) is 4.56. The van der Waals surface area contributed by atoms with Crippen molar-refractivity contribution < 1.29 is 14.0 Å². The zero-order valence-electron chi connectivity index (χ0n) is 16.9. The Labute approximate surface area is 170 Å². The third-order valence-corrected chi connectivity index (χ3v) is 5.19. The highest BCUT2D eigenvalue weighted by atomic mass is 35.5. The van der Waals surface area contributed by atoms with Crippen molar-refractivity contribution in [2.24, 2.45) is 5.41 Å². The minimum Gasteiger partial charge on any atom is -0.349 e. The topological polar surface area (TPSA) is 49.4 Å². The molecule has 4 nitrogen and oxygen atoms in total. The van der Waals surface area contributed by atoms with Gasteiger partial charge in [-0.15, -0.1) is 0 Å². The number of carbonyl (C=O) groups is 2. The van der Waals surface area contributed by atoms with Crippen molar-refractivity contribution in [3.63, 3.8) is 0 Å². The van der Waals surface area contributed by atoms with Gasteiger partial charge in [0.2, 0.25) is 11.8 Å². The number of nitrogens with one attached hydrogen (secondary N) is 1. The predicted molar refractivity (Wildman–Crippen MR) is 108 cm³/mol. The molecule has 2 amide bonds. The molecule has 0 aromatic heterocycles. The molecule has 0 radical (unpaired) electrons. The molecule has 1 N–H and O–H groups in total. The van der Waals surface area contributed by atoms with Crippen LogP contribution in [-0.4, -0.2) is 28.8 Å². The minimum absolute atomic E-state index is 0.0197. The maximum atomic E-state index is 13.6. The van der Waals surface area contributed by atoms with Crippen molar-refractivity contribution >= 4 is 23.4 Å². The van der Waals surface area contributed by atoms with E-state index in [2.05, 4.69) is 25.2 Å². The van der Waals surface area contributed by atoms with Gasteiger partial charge in [0, 0.05) is 28.7 Å². The molecule has 1 aliphatic carbocycles. The van der Waals surface area contributed by atoms with E-state index in [0.717, 1.165) is 17.6 Å². The van der Waals surface area contributed by atoms with Gasteiger partial charge in [-0.05, 0) is 55.9 Å². The summed E-state index contributed by atoms with van der Waals surface area (Å²) >= 11 is 6.28. The van der Waals surface area contributed by atoms with Gasteiger partial charge >= 0.3 is 0 Å².